The number of aromatic nitrogens is 2. The van der Waals surface area contributed by atoms with Crippen LogP contribution in [0.3, 0.4) is 0 Å². The van der Waals surface area contributed by atoms with Crippen LogP contribution in [-0.2, 0) is 22.3 Å². The van der Waals surface area contributed by atoms with Gasteiger partial charge >= 0.3 is 11.9 Å². The molecule has 5 rings (SSSR count). The number of halogens is 4. The normalized spacial score (nSPS) is 21.8. The average molecular weight is 599 g/mol. The van der Waals surface area contributed by atoms with Crippen molar-refractivity contribution in [3.8, 4) is 10.4 Å². The van der Waals surface area contributed by atoms with E-state index in [0.717, 1.165) is 17.4 Å². The van der Waals surface area contributed by atoms with Crippen molar-refractivity contribution < 1.29 is 22.7 Å². The summed E-state index contributed by atoms with van der Waals surface area (Å²) in [6, 6.07) is 2.05. The molecule has 0 aliphatic carbocycles. The average Bonchev–Trinajstić information content (AvgIpc) is 3.20. The predicted octanol–water partition coefficient (Wildman–Crippen LogP) is 5.53. The third kappa shape index (κ3) is 4.96. The number of methoxy groups -OCH3 is 1. The zero-order valence-electron chi connectivity index (χ0n) is 21.4. The van der Waals surface area contributed by atoms with Crippen LogP contribution in [0.2, 0.25) is 5.02 Å². The molecule has 1 amide bonds. The Kier molecular flexibility index (Phi) is 7.51. The fourth-order valence-corrected chi connectivity index (χ4v) is 7.99. The van der Waals surface area contributed by atoms with E-state index >= 15 is 0 Å². The van der Waals surface area contributed by atoms with Crippen LogP contribution in [0.25, 0.3) is 21.3 Å². The Labute approximate surface area is 236 Å². The minimum Gasteiger partial charge on any atom is -0.379 e. The van der Waals surface area contributed by atoms with Crippen LogP contribution >= 0.6 is 34.7 Å². The van der Waals surface area contributed by atoms with Gasteiger partial charge < -0.3 is 14.5 Å². The Bertz CT molecular complexity index is 1510. The largest absolute Gasteiger partial charge is 0.417 e. The first-order valence-electron chi connectivity index (χ1n) is 12.2. The van der Waals surface area contributed by atoms with Crippen molar-refractivity contribution in [2.75, 3.05) is 30.9 Å². The summed E-state index contributed by atoms with van der Waals surface area (Å²) >= 11 is 8.49. The van der Waals surface area contributed by atoms with Gasteiger partial charge in [0.1, 0.15) is 5.82 Å². The maximum Gasteiger partial charge on any atom is 0.417 e. The topological polar surface area (TPSA) is 67.7 Å². The molecular weight excluding hydrogens is 573 g/mol. The van der Waals surface area contributed by atoms with Crippen LogP contribution in [0.4, 0.5) is 19.0 Å². The highest BCUT2D eigenvalue weighted by atomic mass is 35.5. The summed E-state index contributed by atoms with van der Waals surface area (Å²) in [6.45, 7) is 8.02. The predicted molar refractivity (Wildman–Crippen MR) is 149 cm³/mol. The fourth-order valence-electron chi connectivity index (χ4n) is 5.47. The van der Waals surface area contributed by atoms with Gasteiger partial charge in [-0.2, -0.15) is 18.2 Å². The van der Waals surface area contributed by atoms with Crippen LogP contribution in [0.15, 0.2) is 39.9 Å². The summed E-state index contributed by atoms with van der Waals surface area (Å²) < 4.78 is 51.0. The fraction of sp³-hybridized carbons (Fsp3) is 0.423. The lowest BCUT2D eigenvalue weighted by molar-refractivity contribution is -0.137. The monoisotopic (exact) mass is 598 g/mol. The number of carbonyl (C=O) groups is 1. The summed E-state index contributed by atoms with van der Waals surface area (Å²) in [5.41, 5.74) is -0.987. The second-order valence-corrected chi connectivity index (χ2v) is 12.1. The van der Waals surface area contributed by atoms with E-state index in [9.17, 15) is 22.8 Å². The molecule has 1 aromatic carbocycles. The molecule has 13 heteroatoms. The van der Waals surface area contributed by atoms with Crippen molar-refractivity contribution in [1.82, 2.24) is 14.5 Å². The van der Waals surface area contributed by atoms with Gasteiger partial charge in [-0.3, -0.25) is 9.36 Å². The van der Waals surface area contributed by atoms with E-state index in [1.54, 1.807) is 15.2 Å². The third-order valence-electron chi connectivity index (χ3n) is 7.10. The zero-order chi connectivity index (χ0) is 28.2. The maximum atomic E-state index is 14.7. The number of benzene rings is 1. The maximum absolute atomic E-state index is 14.7. The highest BCUT2D eigenvalue weighted by molar-refractivity contribution is 7.99. The number of anilines is 1. The van der Waals surface area contributed by atoms with Gasteiger partial charge in [0.2, 0.25) is 5.91 Å². The highest BCUT2D eigenvalue weighted by Crippen LogP contribution is 2.50. The molecule has 0 saturated carbocycles. The lowest BCUT2D eigenvalue weighted by atomic mass is 10.0. The van der Waals surface area contributed by atoms with E-state index in [2.05, 4.69) is 11.6 Å². The summed E-state index contributed by atoms with van der Waals surface area (Å²) in [6.07, 6.45) is -3.84. The summed E-state index contributed by atoms with van der Waals surface area (Å²) in [5, 5.41) is 2.16. The molecule has 0 bridgehead atoms. The smallest absolute Gasteiger partial charge is 0.379 e. The van der Waals surface area contributed by atoms with Crippen molar-refractivity contribution in [1.29, 1.82) is 0 Å². The first-order chi connectivity index (χ1) is 18.4. The van der Waals surface area contributed by atoms with Gasteiger partial charge in [0.05, 0.1) is 28.8 Å². The number of hydrogen-bond acceptors (Lipinski definition) is 7. The minimum atomic E-state index is -4.68. The number of hydrogen-bond donors (Lipinski definition) is 0. The van der Waals surface area contributed by atoms with Crippen molar-refractivity contribution in [3.05, 3.63) is 51.2 Å². The zero-order valence-corrected chi connectivity index (χ0v) is 23.8. The van der Waals surface area contributed by atoms with E-state index in [1.807, 2.05) is 13.8 Å². The first-order valence-corrected chi connectivity index (χ1v) is 14.5. The van der Waals surface area contributed by atoms with E-state index < -0.39 is 23.5 Å². The van der Waals surface area contributed by atoms with Crippen LogP contribution in [-0.4, -0.2) is 64.5 Å². The van der Waals surface area contributed by atoms with Gasteiger partial charge in [0, 0.05) is 64.1 Å². The van der Waals surface area contributed by atoms with Gasteiger partial charge in [0.15, 0.2) is 0 Å². The van der Waals surface area contributed by atoms with E-state index in [-0.39, 0.29) is 41.3 Å². The van der Waals surface area contributed by atoms with E-state index in [4.69, 9.17) is 16.3 Å². The number of alkyl halides is 3. The number of rotatable bonds is 4. The number of thioether (sulfide) groups is 1. The molecule has 208 valence electrons. The van der Waals surface area contributed by atoms with Gasteiger partial charge in [-0.1, -0.05) is 18.2 Å². The highest BCUT2D eigenvalue weighted by Gasteiger charge is 2.40. The van der Waals surface area contributed by atoms with Crippen LogP contribution < -0.4 is 10.6 Å². The van der Waals surface area contributed by atoms with Gasteiger partial charge in [-0.25, -0.2) is 4.79 Å². The molecule has 2 aliphatic heterocycles. The molecule has 39 heavy (non-hydrogen) atoms. The van der Waals surface area contributed by atoms with E-state index in [0.29, 0.717) is 39.2 Å². The van der Waals surface area contributed by atoms with E-state index in [1.165, 1.54) is 35.6 Å². The van der Waals surface area contributed by atoms with Crippen LogP contribution in [0.1, 0.15) is 19.4 Å². The molecule has 7 nitrogen and oxygen atoms in total. The lowest BCUT2D eigenvalue weighted by Crippen LogP contribution is -2.58. The number of ether oxygens (including phenoxy) is 1. The standard InChI is InChI=1S/C26H26ClF3N4O3S2/c1-5-20(35)34-13(2)8-32(9-14(34)3)24-17-7-18(26(28,29)30)21(19-6-15(27)11-38-19)23-22(17)33(25(36)31-24)10-16(37-4)12-39-23/h5-7,11,13-14,16H,1,8-10,12H2,2-4H3/t13-,14+,16-/m0/s1. The molecule has 0 radical (unpaired) electrons. The quantitative estimate of drug-likeness (QED) is 0.368. The Morgan fingerprint density at radius 3 is 2.49 bits per heavy atom. The third-order valence-corrected chi connectivity index (χ3v) is 9.62. The van der Waals surface area contributed by atoms with Crippen molar-refractivity contribution in [3.63, 3.8) is 0 Å². The molecule has 2 aromatic heterocycles. The number of nitrogens with zero attached hydrogens (tertiary/aromatic N) is 4. The summed E-state index contributed by atoms with van der Waals surface area (Å²) in [4.78, 5) is 34.4. The Morgan fingerprint density at radius 2 is 1.92 bits per heavy atom. The number of carbonyl (C=O) groups excluding carboxylic acids is 1. The van der Waals surface area contributed by atoms with Crippen LogP contribution in [0.5, 0.6) is 0 Å². The van der Waals surface area contributed by atoms with Gasteiger partial charge in [0.25, 0.3) is 0 Å². The minimum absolute atomic E-state index is 0.00193. The molecular formula is C26H26ClF3N4O3S2. The molecule has 3 atom stereocenters. The molecule has 1 fully saturated rings. The van der Waals surface area contributed by atoms with Crippen LogP contribution in [0, 0.1) is 0 Å². The SMILES string of the molecule is C=CC(=O)N1[C@H](C)CN(c2nc(=O)n3c4c(c(-c5cc(Cl)cs5)c(C(F)(F)F)cc24)SC[C@@H](OC)C3)C[C@@H]1C. The number of amides is 1. The molecule has 2 aliphatic rings. The van der Waals surface area contributed by atoms with Gasteiger partial charge in [-0.15, -0.1) is 23.1 Å². The Balaban J connectivity index is 1.81. The summed E-state index contributed by atoms with van der Waals surface area (Å²) in [7, 11) is 1.51. The first kappa shape index (κ1) is 28.0. The Hall–Kier alpha value is -2.54. The molecule has 3 aromatic rings. The molecule has 0 spiro atoms. The van der Waals surface area contributed by atoms with Crippen molar-refractivity contribution >= 4 is 57.3 Å². The number of piperazine rings is 1. The second-order valence-electron chi connectivity index (χ2n) is 9.70. The second kappa shape index (κ2) is 10.5. The summed E-state index contributed by atoms with van der Waals surface area (Å²) in [5.74, 6) is 0.303. The van der Waals surface area contributed by atoms with Crippen molar-refractivity contribution in [2.24, 2.45) is 0 Å². The number of thiophene rings is 1. The van der Waals surface area contributed by atoms with Crippen molar-refractivity contribution in [2.45, 2.75) is 49.7 Å². The molecule has 0 N–H and O–H groups in total. The molecule has 4 heterocycles. The Morgan fingerprint density at radius 1 is 1.23 bits per heavy atom. The molecule has 0 unspecified atom stereocenters. The van der Waals surface area contributed by atoms with Gasteiger partial charge in [-0.05, 0) is 32.1 Å². The lowest BCUT2D eigenvalue weighted by Gasteiger charge is -2.44. The molecule has 1 saturated heterocycles.